The molecule has 2 atom stereocenters. The number of rotatable bonds is 3. The minimum Gasteiger partial charge on any atom is -0.462 e. The van der Waals surface area contributed by atoms with Crippen LogP contribution in [-0.4, -0.2) is 12.6 Å². The van der Waals surface area contributed by atoms with Crippen LogP contribution in [0.2, 0.25) is 0 Å². The Bertz CT molecular complexity index is 303. The third-order valence-electron chi connectivity index (χ3n) is 2.89. The normalized spacial score (nSPS) is 23.3. The lowest BCUT2D eigenvalue weighted by Gasteiger charge is -2.01. The Morgan fingerprint density at radius 3 is 2.62 bits per heavy atom. The fourth-order valence-corrected chi connectivity index (χ4v) is 2.03. The van der Waals surface area contributed by atoms with Gasteiger partial charge in [0.15, 0.2) is 12.0 Å². The van der Waals surface area contributed by atoms with Crippen molar-refractivity contribution in [2.45, 2.75) is 32.6 Å². The van der Waals surface area contributed by atoms with E-state index < -0.39 is 0 Å². The predicted molar refractivity (Wildman–Crippen MR) is 61.3 cm³/mol. The molecule has 0 radical (unpaired) electrons. The van der Waals surface area contributed by atoms with Crippen molar-refractivity contribution in [3.8, 4) is 0 Å². The third-order valence-corrected chi connectivity index (χ3v) is 2.89. The van der Waals surface area contributed by atoms with E-state index in [4.69, 9.17) is 0 Å². The monoisotopic (exact) mass is 222 g/mol. The lowest BCUT2D eigenvalue weighted by Crippen LogP contribution is -1.94. The van der Waals surface area contributed by atoms with E-state index in [0.717, 1.165) is 24.5 Å². The van der Waals surface area contributed by atoms with E-state index in [1.54, 1.807) is 12.1 Å². The summed E-state index contributed by atoms with van der Waals surface area (Å²) in [5.74, 6) is 1.97. The Balaban J connectivity index is 0.000000165. The molecule has 1 fully saturated rings. The topological polar surface area (TPSA) is 47.3 Å². The lowest BCUT2D eigenvalue weighted by atomic mass is 10.0. The van der Waals surface area contributed by atoms with Gasteiger partial charge in [0.25, 0.3) is 0 Å². The summed E-state index contributed by atoms with van der Waals surface area (Å²) in [4.78, 5) is 19.8. The fourth-order valence-electron chi connectivity index (χ4n) is 2.03. The molecule has 1 aromatic rings. The summed E-state index contributed by atoms with van der Waals surface area (Å²) in [6.45, 7) is 2.27. The standard InChI is InChI=1S/C8H14O.C5H4O2/c1-7-2-3-8(6-7)4-5-9;6-4-5-2-1-3-7-5/h5,7-8H,2-4,6H2,1H3;1-4H. The van der Waals surface area contributed by atoms with Crippen molar-refractivity contribution >= 4 is 12.6 Å². The average molecular weight is 222 g/mol. The van der Waals surface area contributed by atoms with Crippen molar-refractivity contribution in [2.75, 3.05) is 0 Å². The van der Waals surface area contributed by atoms with Crippen LogP contribution in [0.1, 0.15) is 43.2 Å². The van der Waals surface area contributed by atoms with E-state index in [2.05, 4.69) is 11.3 Å². The minimum absolute atomic E-state index is 0.375. The number of furan rings is 1. The zero-order valence-corrected chi connectivity index (χ0v) is 9.59. The summed E-state index contributed by atoms with van der Waals surface area (Å²) in [6.07, 6.45) is 7.87. The Morgan fingerprint density at radius 1 is 1.44 bits per heavy atom. The summed E-state index contributed by atoms with van der Waals surface area (Å²) in [5, 5.41) is 0. The number of carbonyl (C=O) groups excluding carboxylic acids is 2. The van der Waals surface area contributed by atoms with Gasteiger partial charge < -0.3 is 9.21 Å². The molecule has 1 heterocycles. The number of carbonyl (C=O) groups is 2. The second kappa shape index (κ2) is 6.99. The molecule has 3 nitrogen and oxygen atoms in total. The van der Waals surface area contributed by atoms with Gasteiger partial charge in [-0.3, -0.25) is 4.79 Å². The molecule has 88 valence electrons. The average Bonchev–Trinajstić information content (AvgIpc) is 2.91. The highest BCUT2D eigenvalue weighted by atomic mass is 16.3. The number of hydrogen-bond donors (Lipinski definition) is 0. The van der Waals surface area contributed by atoms with Gasteiger partial charge in [-0.25, -0.2) is 0 Å². The van der Waals surface area contributed by atoms with Gasteiger partial charge in [-0.05, 0) is 36.8 Å². The second-order valence-electron chi connectivity index (χ2n) is 4.32. The first-order valence-electron chi connectivity index (χ1n) is 5.68. The molecule has 2 rings (SSSR count). The molecule has 3 heteroatoms. The molecule has 0 amide bonds. The zero-order chi connectivity index (χ0) is 11.8. The van der Waals surface area contributed by atoms with Crippen LogP contribution in [0.4, 0.5) is 0 Å². The van der Waals surface area contributed by atoms with Crippen molar-refractivity contribution in [1.29, 1.82) is 0 Å². The van der Waals surface area contributed by atoms with E-state index in [9.17, 15) is 9.59 Å². The van der Waals surface area contributed by atoms with Crippen LogP contribution in [0.15, 0.2) is 22.8 Å². The first-order chi connectivity index (χ1) is 7.76. The second-order valence-corrected chi connectivity index (χ2v) is 4.32. The van der Waals surface area contributed by atoms with Crippen LogP contribution < -0.4 is 0 Å². The van der Waals surface area contributed by atoms with Crippen molar-refractivity contribution in [2.24, 2.45) is 11.8 Å². The first kappa shape index (κ1) is 12.7. The number of hydrogen-bond acceptors (Lipinski definition) is 3. The maximum atomic E-state index is 10.1. The molecule has 0 saturated heterocycles. The first-order valence-corrected chi connectivity index (χ1v) is 5.68. The molecular weight excluding hydrogens is 204 g/mol. The van der Waals surface area contributed by atoms with E-state index >= 15 is 0 Å². The van der Waals surface area contributed by atoms with E-state index in [1.165, 1.54) is 25.5 Å². The Kier molecular flexibility index (Phi) is 5.54. The van der Waals surface area contributed by atoms with Crippen LogP contribution in [-0.2, 0) is 4.79 Å². The van der Waals surface area contributed by atoms with Crippen LogP contribution in [0, 0.1) is 11.8 Å². The Hall–Kier alpha value is -1.38. The molecule has 0 aromatic carbocycles. The zero-order valence-electron chi connectivity index (χ0n) is 9.59. The van der Waals surface area contributed by atoms with Crippen LogP contribution in [0.5, 0.6) is 0 Å². The molecular formula is C13H18O3. The fraction of sp³-hybridized carbons (Fsp3) is 0.538. The predicted octanol–water partition coefficient (Wildman–Crippen LogP) is 3.10. The number of aldehydes is 2. The molecule has 1 aromatic heterocycles. The highest BCUT2D eigenvalue weighted by Crippen LogP contribution is 2.31. The summed E-state index contributed by atoms with van der Waals surface area (Å²) < 4.78 is 4.61. The third kappa shape index (κ3) is 4.43. The Labute approximate surface area is 95.8 Å². The van der Waals surface area contributed by atoms with Gasteiger partial charge in [-0.15, -0.1) is 0 Å². The molecule has 0 aliphatic heterocycles. The van der Waals surface area contributed by atoms with Gasteiger partial charge in [0, 0.05) is 6.42 Å². The highest BCUT2D eigenvalue weighted by molar-refractivity contribution is 5.69. The summed E-state index contributed by atoms with van der Waals surface area (Å²) in [5.41, 5.74) is 0. The van der Waals surface area contributed by atoms with E-state index in [0.29, 0.717) is 12.0 Å². The molecule has 0 bridgehead atoms. The van der Waals surface area contributed by atoms with E-state index in [-0.39, 0.29) is 0 Å². The van der Waals surface area contributed by atoms with Crippen molar-refractivity contribution in [3.05, 3.63) is 24.2 Å². The molecule has 1 aliphatic rings. The summed E-state index contributed by atoms with van der Waals surface area (Å²) in [7, 11) is 0. The molecule has 1 aliphatic carbocycles. The summed E-state index contributed by atoms with van der Waals surface area (Å²) >= 11 is 0. The summed E-state index contributed by atoms with van der Waals surface area (Å²) in [6, 6.07) is 3.27. The van der Waals surface area contributed by atoms with Crippen LogP contribution in [0.25, 0.3) is 0 Å². The highest BCUT2D eigenvalue weighted by Gasteiger charge is 2.19. The van der Waals surface area contributed by atoms with Gasteiger partial charge in [0.2, 0.25) is 0 Å². The van der Waals surface area contributed by atoms with Gasteiger partial charge in [0.1, 0.15) is 6.29 Å². The molecule has 2 unspecified atom stereocenters. The van der Waals surface area contributed by atoms with Gasteiger partial charge >= 0.3 is 0 Å². The Morgan fingerprint density at radius 2 is 2.25 bits per heavy atom. The maximum absolute atomic E-state index is 10.1. The molecule has 0 spiro atoms. The minimum atomic E-state index is 0.375. The van der Waals surface area contributed by atoms with Crippen LogP contribution in [0.3, 0.4) is 0 Å². The van der Waals surface area contributed by atoms with Gasteiger partial charge in [0.05, 0.1) is 6.26 Å². The van der Waals surface area contributed by atoms with Crippen molar-refractivity contribution in [1.82, 2.24) is 0 Å². The maximum Gasteiger partial charge on any atom is 0.185 e. The SMILES string of the molecule is CC1CCC(CC=O)C1.O=Cc1ccco1. The molecule has 0 N–H and O–H groups in total. The van der Waals surface area contributed by atoms with Gasteiger partial charge in [-0.2, -0.15) is 0 Å². The largest absolute Gasteiger partial charge is 0.462 e. The van der Waals surface area contributed by atoms with E-state index in [1.807, 2.05) is 0 Å². The van der Waals surface area contributed by atoms with Gasteiger partial charge in [-0.1, -0.05) is 13.3 Å². The molecule has 1 saturated carbocycles. The van der Waals surface area contributed by atoms with Crippen molar-refractivity contribution in [3.63, 3.8) is 0 Å². The quantitative estimate of drug-likeness (QED) is 0.738. The van der Waals surface area contributed by atoms with Crippen LogP contribution >= 0.6 is 0 Å². The smallest absolute Gasteiger partial charge is 0.185 e. The van der Waals surface area contributed by atoms with Crippen molar-refractivity contribution < 1.29 is 14.0 Å². The lowest BCUT2D eigenvalue weighted by molar-refractivity contribution is -0.108. The molecule has 16 heavy (non-hydrogen) atoms.